The van der Waals surface area contributed by atoms with E-state index in [0.717, 1.165) is 42.4 Å². The van der Waals surface area contributed by atoms with Crippen LogP contribution in [0.5, 0.6) is 0 Å². The minimum atomic E-state index is 0.548. The van der Waals surface area contributed by atoms with Crippen molar-refractivity contribution in [2.45, 2.75) is 52.5 Å². The second-order valence-corrected chi connectivity index (χ2v) is 6.45. The molecule has 4 nitrogen and oxygen atoms in total. The number of aryl methyl sites for hydroxylation is 1. The fourth-order valence-electron chi connectivity index (χ4n) is 2.43. The zero-order chi connectivity index (χ0) is 14.4. The van der Waals surface area contributed by atoms with Crippen LogP contribution in [0, 0.1) is 6.92 Å². The van der Waals surface area contributed by atoms with Crippen molar-refractivity contribution in [1.29, 1.82) is 0 Å². The first kappa shape index (κ1) is 15.4. The third-order valence-corrected chi connectivity index (χ3v) is 4.73. The Morgan fingerprint density at radius 2 is 2.05 bits per heavy atom. The molecule has 0 aromatic carbocycles. The van der Waals surface area contributed by atoms with Crippen molar-refractivity contribution in [3.8, 4) is 0 Å². The van der Waals surface area contributed by atoms with Gasteiger partial charge in [-0.2, -0.15) is 11.8 Å². The predicted octanol–water partition coefficient (Wildman–Crippen LogP) is 3.48. The van der Waals surface area contributed by atoms with Gasteiger partial charge in [-0.25, -0.2) is 9.97 Å². The molecule has 2 heterocycles. The molecule has 1 saturated heterocycles. The highest BCUT2D eigenvalue weighted by Crippen LogP contribution is 2.25. The number of thioether (sulfide) groups is 1. The lowest BCUT2D eigenvalue weighted by Crippen LogP contribution is -2.27. The molecule has 1 fully saturated rings. The molecule has 0 bridgehead atoms. The monoisotopic (exact) mass is 294 g/mol. The Hall–Kier alpha value is -0.970. The van der Waals surface area contributed by atoms with Gasteiger partial charge >= 0.3 is 0 Å². The second-order valence-electron chi connectivity index (χ2n) is 5.30. The number of nitrogens with zero attached hydrogens (tertiary/aromatic N) is 2. The van der Waals surface area contributed by atoms with E-state index in [4.69, 9.17) is 4.98 Å². The summed E-state index contributed by atoms with van der Waals surface area (Å²) in [5, 5.41) is 6.99. The van der Waals surface area contributed by atoms with E-state index in [2.05, 4.69) is 36.4 Å². The molecule has 2 rings (SSSR count). The summed E-state index contributed by atoms with van der Waals surface area (Å²) in [6, 6.07) is 0.548. The molecule has 1 unspecified atom stereocenters. The third kappa shape index (κ3) is 4.01. The Morgan fingerprint density at radius 1 is 1.25 bits per heavy atom. The Balaban J connectivity index is 2.19. The molecular weight excluding hydrogens is 268 g/mol. The maximum atomic E-state index is 4.73. The van der Waals surface area contributed by atoms with Crippen molar-refractivity contribution in [3.63, 3.8) is 0 Å². The number of aromatic nitrogens is 2. The number of hydrogen-bond donors (Lipinski definition) is 2. The Kier molecular flexibility index (Phi) is 5.95. The molecule has 20 heavy (non-hydrogen) atoms. The van der Waals surface area contributed by atoms with E-state index >= 15 is 0 Å². The van der Waals surface area contributed by atoms with Crippen molar-refractivity contribution in [3.05, 3.63) is 11.4 Å². The summed E-state index contributed by atoms with van der Waals surface area (Å²) in [6.07, 6.45) is 4.56. The molecule has 2 N–H and O–H groups in total. The summed E-state index contributed by atoms with van der Waals surface area (Å²) in [6.45, 7) is 7.26. The van der Waals surface area contributed by atoms with Crippen LogP contribution in [0.4, 0.5) is 11.6 Å². The summed E-state index contributed by atoms with van der Waals surface area (Å²) in [4.78, 5) is 9.37. The highest BCUT2D eigenvalue weighted by molar-refractivity contribution is 7.99. The number of anilines is 2. The van der Waals surface area contributed by atoms with E-state index in [1.807, 2.05) is 11.8 Å². The molecule has 1 aliphatic rings. The van der Waals surface area contributed by atoms with Gasteiger partial charge in [-0.05, 0) is 38.9 Å². The molecule has 1 aromatic rings. The summed E-state index contributed by atoms with van der Waals surface area (Å²) < 4.78 is 0. The van der Waals surface area contributed by atoms with E-state index in [9.17, 15) is 0 Å². The SMILES string of the molecule is CCCc1nc(NCC)c(C)c(NC2CCCSC2)n1. The Morgan fingerprint density at radius 3 is 2.70 bits per heavy atom. The zero-order valence-electron chi connectivity index (χ0n) is 12.8. The van der Waals surface area contributed by atoms with Gasteiger partial charge in [-0.1, -0.05) is 6.92 Å². The summed E-state index contributed by atoms with van der Waals surface area (Å²) in [5.41, 5.74) is 1.14. The average molecular weight is 294 g/mol. The molecule has 1 aromatic heterocycles. The van der Waals surface area contributed by atoms with Crippen LogP contribution in [0.15, 0.2) is 0 Å². The minimum Gasteiger partial charge on any atom is -0.370 e. The molecular formula is C15H26N4S. The molecule has 112 valence electrons. The van der Waals surface area contributed by atoms with Crippen LogP contribution in [-0.2, 0) is 6.42 Å². The summed E-state index contributed by atoms with van der Waals surface area (Å²) in [7, 11) is 0. The van der Waals surface area contributed by atoms with Gasteiger partial charge in [0.2, 0.25) is 0 Å². The van der Waals surface area contributed by atoms with E-state index in [-0.39, 0.29) is 0 Å². The van der Waals surface area contributed by atoms with Crippen molar-refractivity contribution in [2.24, 2.45) is 0 Å². The maximum Gasteiger partial charge on any atom is 0.135 e. The van der Waals surface area contributed by atoms with Gasteiger partial charge < -0.3 is 10.6 Å². The van der Waals surface area contributed by atoms with Crippen molar-refractivity contribution < 1.29 is 0 Å². The van der Waals surface area contributed by atoms with Crippen LogP contribution in [0.2, 0.25) is 0 Å². The van der Waals surface area contributed by atoms with Crippen LogP contribution in [-0.4, -0.2) is 34.1 Å². The quantitative estimate of drug-likeness (QED) is 0.841. The summed E-state index contributed by atoms with van der Waals surface area (Å²) in [5.74, 6) is 5.43. The zero-order valence-corrected chi connectivity index (χ0v) is 13.6. The highest BCUT2D eigenvalue weighted by atomic mass is 32.2. The molecule has 0 saturated carbocycles. The average Bonchev–Trinajstić information content (AvgIpc) is 2.45. The van der Waals surface area contributed by atoms with Crippen molar-refractivity contribution in [1.82, 2.24) is 9.97 Å². The van der Waals surface area contributed by atoms with E-state index in [1.54, 1.807) is 0 Å². The molecule has 0 aliphatic carbocycles. The first-order chi connectivity index (χ1) is 9.74. The molecule has 1 aliphatic heterocycles. The van der Waals surface area contributed by atoms with Crippen LogP contribution >= 0.6 is 11.8 Å². The predicted molar refractivity (Wildman–Crippen MR) is 88.9 cm³/mol. The van der Waals surface area contributed by atoms with Gasteiger partial charge in [0, 0.05) is 30.3 Å². The first-order valence-electron chi connectivity index (χ1n) is 7.70. The molecule has 0 radical (unpaired) electrons. The van der Waals surface area contributed by atoms with Gasteiger partial charge in [-0.15, -0.1) is 0 Å². The number of hydrogen-bond acceptors (Lipinski definition) is 5. The number of nitrogens with one attached hydrogen (secondary N) is 2. The molecule has 1 atom stereocenters. The summed E-state index contributed by atoms with van der Waals surface area (Å²) >= 11 is 2.04. The van der Waals surface area contributed by atoms with Crippen LogP contribution in [0.1, 0.15) is 44.5 Å². The van der Waals surface area contributed by atoms with E-state index in [1.165, 1.54) is 24.3 Å². The van der Waals surface area contributed by atoms with Gasteiger partial charge in [0.05, 0.1) is 0 Å². The van der Waals surface area contributed by atoms with Crippen LogP contribution in [0.25, 0.3) is 0 Å². The first-order valence-corrected chi connectivity index (χ1v) is 8.85. The van der Waals surface area contributed by atoms with Gasteiger partial charge in [0.15, 0.2) is 0 Å². The topological polar surface area (TPSA) is 49.8 Å². The highest BCUT2D eigenvalue weighted by Gasteiger charge is 2.17. The second kappa shape index (κ2) is 7.72. The lowest BCUT2D eigenvalue weighted by atomic mass is 10.1. The van der Waals surface area contributed by atoms with E-state index < -0.39 is 0 Å². The van der Waals surface area contributed by atoms with Gasteiger partial charge in [0.1, 0.15) is 17.5 Å². The fraction of sp³-hybridized carbons (Fsp3) is 0.733. The maximum absolute atomic E-state index is 4.73. The molecule has 0 amide bonds. The normalized spacial score (nSPS) is 18.9. The minimum absolute atomic E-state index is 0.548. The molecule has 0 spiro atoms. The Bertz CT molecular complexity index is 430. The fourth-order valence-corrected chi connectivity index (χ4v) is 3.50. The van der Waals surface area contributed by atoms with Crippen LogP contribution < -0.4 is 10.6 Å². The van der Waals surface area contributed by atoms with E-state index in [0.29, 0.717) is 6.04 Å². The standard InChI is InChI=1S/C15H26N4S/c1-4-7-13-18-14(16-5-2)11(3)15(19-13)17-12-8-6-9-20-10-12/h12H,4-10H2,1-3H3,(H2,16,17,18,19). The lowest BCUT2D eigenvalue weighted by molar-refractivity contribution is 0.679. The Labute approximate surface area is 126 Å². The smallest absolute Gasteiger partial charge is 0.135 e. The lowest BCUT2D eigenvalue weighted by Gasteiger charge is -2.24. The van der Waals surface area contributed by atoms with Crippen molar-refractivity contribution in [2.75, 3.05) is 28.7 Å². The molecule has 5 heteroatoms. The van der Waals surface area contributed by atoms with Crippen molar-refractivity contribution >= 4 is 23.4 Å². The van der Waals surface area contributed by atoms with Gasteiger partial charge in [0.25, 0.3) is 0 Å². The largest absolute Gasteiger partial charge is 0.370 e. The van der Waals surface area contributed by atoms with Gasteiger partial charge in [-0.3, -0.25) is 0 Å². The van der Waals surface area contributed by atoms with Crippen LogP contribution in [0.3, 0.4) is 0 Å². The third-order valence-electron chi connectivity index (χ3n) is 3.51. The number of rotatable bonds is 6.